The van der Waals surface area contributed by atoms with Crippen LogP contribution in [0.25, 0.3) is 0 Å². The molecule has 8 nitrogen and oxygen atoms in total. The molecule has 1 fully saturated rings. The molecule has 1 aromatic carbocycles. The normalized spacial score (nSPS) is 15.0. The van der Waals surface area contributed by atoms with E-state index in [9.17, 15) is 4.79 Å². The molecule has 0 radical (unpaired) electrons. The number of anilines is 1. The minimum absolute atomic E-state index is 0.421. The van der Waals surface area contributed by atoms with E-state index in [0.717, 1.165) is 43.7 Å². The second-order valence-corrected chi connectivity index (χ2v) is 5.99. The molecule has 0 spiro atoms. The highest BCUT2D eigenvalue weighted by molar-refractivity contribution is 5.92. The zero-order valence-electron chi connectivity index (χ0n) is 14.8. The molecule has 26 heavy (non-hydrogen) atoms. The number of hydrogen-bond donors (Lipinski definition) is 2. The minimum atomic E-state index is -0.421. The Morgan fingerprint density at radius 2 is 1.92 bits per heavy atom. The first-order valence-corrected chi connectivity index (χ1v) is 8.53. The topological polar surface area (TPSA) is 99.7 Å². The average Bonchev–Trinajstić information content (AvgIpc) is 2.70. The van der Waals surface area contributed by atoms with Gasteiger partial charge in [-0.15, -0.1) is 0 Å². The number of nitrogens with zero attached hydrogens (tertiary/aromatic N) is 5. The van der Waals surface area contributed by atoms with Crippen LogP contribution in [0.2, 0.25) is 0 Å². The predicted molar refractivity (Wildman–Crippen MR) is 101 cm³/mol. The summed E-state index contributed by atoms with van der Waals surface area (Å²) in [5.74, 6) is 1.18. The number of carbonyl (C=O) groups excluding carboxylic acids is 1. The SMILES string of the molecule is CN=C(NCc1cccc(C(N)=O)c1)N1CCN(c2ncccn2)CC1. The number of aliphatic imine (C=N–C) groups is 1. The van der Waals surface area contributed by atoms with Crippen molar-refractivity contribution in [1.29, 1.82) is 0 Å². The van der Waals surface area contributed by atoms with Gasteiger partial charge >= 0.3 is 0 Å². The maximum Gasteiger partial charge on any atom is 0.248 e. The van der Waals surface area contributed by atoms with E-state index in [1.54, 1.807) is 31.6 Å². The van der Waals surface area contributed by atoms with Gasteiger partial charge in [0, 0.05) is 57.7 Å². The van der Waals surface area contributed by atoms with Gasteiger partial charge in [-0.2, -0.15) is 0 Å². The van der Waals surface area contributed by atoms with Crippen LogP contribution in [0.5, 0.6) is 0 Å². The molecule has 3 rings (SSSR count). The highest BCUT2D eigenvalue weighted by Gasteiger charge is 2.21. The van der Waals surface area contributed by atoms with E-state index >= 15 is 0 Å². The summed E-state index contributed by atoms with van der Waals surface area (Å²) in [7, 11) is 1.77. The molecule has 3 N–H and O–H groups in total. The molecule has 0 aliphatic carbocycles. The van der Waals surface area contributed by atoms with Crippen molar-refractivity contribution in [2.45, 2.75) is 6.54 Å². The molecule has 2 heterocycles. The molecule has 136 valence electrons. The second-order valence-electron chi connectivity index (χ2n) is 5.99. The number of nitrogens with two attached hydrogens (primary N) is 1. The van der Waals surface area contributed by atoms with Crippen LogP contribution in [-0.4, -0.2) is 60.0 Å². The van der Waals surface area contributed by atoms with E-state index in [2.05, 4.69) is 30.1 Å². The minimum Gasteiger partial charge on any atom is -0.366 e. The third-order valence-electron chi connectivity index (χ3n) is 4.29. The molecule has 0 unspecified atom stereocenters. The number of guanidine groups is 1. The number of primary amides is 1. The fraction of sp³-hybridized carbons (Fsp3) is 0.333. The number of benzene rings is 1. The number of hydrogen-bond acceptors (Lipinski definition) is 5. The third kappa shape index (κ3) is 4.27. The van der Waals surface area contributed by atoms with Crippen LogP contribution in [-0.2, 0) is 6.54 Å². The molecule has 0 atom stereocenters. The Kier molecular flexibility index (Phi) is 5.62. The molecule has 8 heteroatoms. The molecule has 1 aromatic heterocycles. The Morgan fingerprint density at radius 1 is 1.19 bits per heavy atom. The highest BCUT2D eigenvalue weighted by atomic mass is 16.1. The van der Waals surface area contributed by atoms with Gasteiger partial charge in [-0.25, -0.2) is 9.97 Å². The molecular weight excluding hydrogens is 330 g/mol. The van der Waals surface area contributed by atoms with Gasteiger partial charge in [0.25, 0.3) is 0 Å². The van der Waals surface area contributed by atoms with Crippen molar-refractivity contribution in [3.8, 4) is 0 Å². The number of piperazine rings is 1. The van der Waals surface area contributed by atoms with Gasteiger partial charge in [-0.05, 0) is 23.8 Å². The van der Waals surface area contributed by atoms with E-state index in [1.165, 1.54) is 0 Å². The standard InChI is InChI=1S/C18H23N7O/c1-20-17(23-13-14-4-2-5-15(12-14)16(19)26)24-8-10-25(11-9-24)18-21-6-3-7-22-18/h2-7,12H,8-11,13H2,1H3,(H2,19,26)(H,20,23). The zero-order chi connectivity index (χ0) is 18.4. The summed E-state index contributed by atoms with van der Waals surface area (Å²) in [5, 5.41) is 3.35. The molecule has 2 aromatic rings. The van der Waals surface area contributed by atoms with Crippen molar-refractivity contribution in [2.24, 2.45) is 10.7 Å². The highest BCUT2D eigenvalue weighted by Crippen LogP contribution is 2.10. The van der Waals surface area contributed by atoms with E-state index in [4.69, 9.17) is 5.73 Å². The van der Waals surface area contributed by atoms with Crippen molar-refractivity contribution < 1.29 is 4.79 Å². The predicted octanol–water partition coefficient (Wildman–Crippen LogP) is 0.473. The van der Waals surface area contributed by atoms with Crippen LogP contribution >= 0.6 is 0 Å². The van der Waals surface area contributed by atoms with Gasteiger partial charge in [0.05, 0.1) is 0 Å². The number of aromatic nitrogens is 2. The molecule has 0 bridgehead atoms. The largest absolute Gasteiger partial charge is 0.366 e. The summed E-state index contributed by atoms with van der Waals surface area (Å²) in [6.45, 7) is 3.91. The van der Waals surface area contributed by atoms with E-state index in [1.807, 2.05) is 18.2 Å². The molecule has 1 aliphatic heterocycles. The lowest BCUT2D eigenvalue weighted by Gasteiger charge is -2.36. The molecule has 0 saturated carbocycles. The van der Waals surface area contributed by atoms with Crippen molar-refractivity contribution in [3.63, 3.8) is 0 Å². The van der Waals surface area contributed by atoms with Gasteiger partial charge in [0.1, 0.15) is 0 Å². The smallest absolute Gasteiger partial charge is 0.248 e. The van der Waals surface area contributed by atoms with Crippen molar-refractivity contribution >= 4 is 17.8 Å². The van der Waals surface area contributed by atoms with Crippen LogP contribution in [0.1, 0.15) is 15.9 Å². The maximum absolute atomic E-state index is 11.3. The van der Waals surface area contributed by atoms with Gasteiger partial charge in [0.15, 0.2) is 5.96 Å². The van der Waals surface area contributed by atoms with Crippen LogP contribution in [0, 0.1) is 0 Å². The number of carbonyl (C=O) groups is 1. The van der Waals surface area contributed by atoms with Crippen molar-refractivity contribution in [1.82, 2.24) is 20.2 Å². The molecule has 1 saturated heterocycles. The quantitative estimate of drug-likeness (QED) is 0.612. The summed E-state index contributed by atoms with van der Waals surface area (Å²) in [5.41, 5.74) is 6.83. The molecular formula is C18H23N7O. The Morgan fingerprint density at radius 3 is 2.58 bits per heavy atom. The average molecular weight is 353 g/mol. The number of amides is 1. The first kappa shape index (κ1) is 17.7. The van der Waals surface area contributed by atoms with Gasteiger partial charge in [0.2, 0.25) is 11.9 Å². The number of rotatable bonds is 4. The van der Waals surface area contributed by atoms with Gasteiger partial charge < -0.3 is 20.9 Å². The van der Waals surface area contributed by atoms with Gasteiger partial charge in [-0.1, -0.05) is 12.1 Å². The second kappa shape index (κ2) is 8.28. The first-order valence-electron chi connectivity index (χ1n) is 8.53. The lowest BCUT2D eigenvalue weighted by atomic mass is 10.1. The summed E-state index contributed by atoms with van der Waals surface area (Å²) in [4.78, 5) is 28.6. The lowest BCUT2D eigenvalue weighted by molar-refractivity contribution is 0.1000. The van der Waals surface area contributed by atoms with E-state index < -0.39 is 5.91 Å². The zero-order valence-corrected chi connectivity index (χ0v) is 14.8. The lowest BCUT2D eigenvalue weighted by Crippen LogP contribution is -2.52. The molecule has 1 amide bonds. The summed E-state index contributed by atoms with van der Waals surface area (Å²) in [6, 6.07) is 9.12. The Balaban J connectivity index is 1.55. The molecule has 1 aliphatic rings. The fourth-order valence-electron chi connectivity index (χ4n) is 2.92. The Bertz CT molecular complexity index is 770. The van der Waals surface area contributed by atoms with Crippen molar-refractivity contribution in [2.75, 3.05) is 38.1 Å². The van der Waals surface area contributed by atoms with Gasteiger partial charge in [-0.3, -0.25) is 9.79 Å². The Labute approximate surface area is 152 Å². The third-order valence-corrected chi connectivity index (χ3v) is 4.29. The monoisotopic (exact) mass is 353 g/mol. The fourth-order valence-corrected chi connectivity index (χ4v) is 2.92. The van der Waals surface area contributed by atoms with Crippen LogP contribution in [0.4, 0.5) is 5.95 Å². The van der Waals surface area contributed by atoms with E-state index in [-0.39, 0.29) is 0 Å². The van der Waals surface area contributed by atoms with Crippen molar-refractivity contribution in [3.05, 3.63) is 53.9 Å². The summed E-state index contributed by atoms with van der Waals surface area (Å²) in [6.07, 6.45) is 3.52. The van der Waals surface area contributed by atoms with E-state index in [0.29, 0.717) is 12.1 Å². The van der Waals surface area contributed by atoms with Crippen LogP contribution in [0.3, 0.4) is 0 Å². The maximum atomic E-state index is 11.3. The summed E-state index contributed by atoms with van der Waals surface area (Å²) >= 11 is 0. The first-order chi connectivity index (χ1) is 12.7. The van der Waals surface area contributed by atoms with Crippen LogP contribution in [0.15, 0.2) is 47.7 Å². The number of nitrogens with one attached hydrogen (secondary N) is 1. The summed E-state index contributed by atoms with van der Waals surface area (Å²) < 4.78 is 0. The van der Waals surface area contributed by atoms with Crippen LogP contribution < -0.4 is 16.0 Å². The Hall–Kier alpha value is -3.16.